The van der Waals surface area contributed by atoms with Crippen LogP contribution in [0.25, 0.3) is 0 Å². The fraction of sp³-hybridized carbons (Fsp3) is 0.476. The summed E-state index contributed by atoms with van der Waals surface area (Å²) in [4.78, 5) is 24.1. The van der Waals surface area contributed by atoms with Gasteiger partial charge in [-0.25, -0.2) is 4.98 Å². The molecular weight excluding hydrogens is 497 g/mol. The van der Waals surface area contributed by atoms with Crippen LogP contribution in [0.2, 0.25) is 0 Å². The third kappa shape index (κ3) is 8.30. The second-order valence-electron chi connectivity index (χ2n) is 6.83. The van der Waals surface area contributed by atoms with Crippen LogP contribution in [0.1, 0.15) is 38.4 Å². The molecule has 0 spiro atoms. The zero-order valence-electron chi connectivity index (χ0n) is 17.9. The van der Waals surface area contributed by atoms with Crippen molar-refractivity contribution >= 4 is 47.2 Å². The highest BCUT2D eigenvalue weighted by atomic mass is 127. The molecule has 29 heavy (non-hydrogen) atoms. The van der Waals surface area contributed by atoms with Gasteiger partial charge in [-0.1, -0.05) is 12.1 Å². The standard InChI is InChI=1S/C21H31N5OS.HI/c1-6-22-21(24-13-11-19-15(2)25-16(3)28-19)23-12-10-17-8-7-9-18(14-17)20(27)26(4)5;/h7-9,14H,6,10-13H2,1-5H3,(H2,22,23,24);1H. The van der Waals surface area contributed by atoms with E-state index in [2.05, 4.69) is 34.5 Å². The molecule has 160 valence electrons. The van der Waals surface area contributed by atoms with Crippen LogP contribution in [0.4, 0.5) is 0 Å². The van der Waals surface area contributed by atoms with Crippen molar-refractivity contribution in [2.75, 3.05) is 33.7 Å². The van der Waals surface area contributed by atoms with Gasteiger partial charge in [0.2, 0.25) is 0 Å². The van der Waals surface area contributed by atoms with E-state index in [1.54, 1.807) is 30.3 Å². The highest BCUT2D eigenvalue weighted by Crippen LogP contribution is 2.17. The molecule has 1 aromatic carbocycles. The fourth-order valence-electron chi connectivity index (χ4n) is 2.86. The van der Waals surface area contributed by atoms with Crippen molar-refractivity contribution in [1.82, 2.24) is 20.5 Å². The van der Waals surface area contributed by atoms with Gasteiger partial charge in [0.15, 0.2) is 5.96 Å². The number of aliphatic imine (C=N–C) groups is 1. The number of halogens is 1. The Balaban J connectivity index is 0.00000420. The molecule has 0 aliphatic carbocycles. The van der Waals surface area contributed by atoms with E-state index in [0.717, 1.165) is 60.3 Å². The number of thiazole rings is 1. The maximum Gasteiger partial charge on any atom is 0.253 e. The second kappa shape index (κ2) is 12.8. The summed E-state index contributed by atoms with van der Waals surface area (Å²) in [7, 11) is 3.54. The predicted molar refractivity (Wildman–Crippen MR) is 133 cm³/mol. The molecule has 1 heterocycles. The molecule has 2 aromatic rings. The largest absolute Gasteiger partial charge is 0.357 e. The molecule has 0 aliphatic rings. The lowest BCUT2D eigenvalue weighted by atomic mass is 10.1. The molecule has 0 aliphatic heterocycles. The fourth-order valence-corrected chi connectivity index (χ4v) is 3.79. The Morgan fingerprint density at radius 2 is 1.97 bits per heavy atom. The maximum absolute atomic E-state index is 12.1. The van der Waals surface area contributed by atoms with E-state index in [1.165, 1.54) is 4.88 Å². The third-order valence-corrected chi connectivity index (χ3v) is 5.37. The monoisotopic (exact) mass is 529 g/mol. The van der Waals surface area contributed by atoms with Crippen LogP contribution in [-0.2, 0) is 12.8 Å². The zero-order chi connectivity index (χ0) is 20.5. The first-order valence-electron chi connectivity index (χ1n) is 9.66. The summed E-state index contributed by atoms with van der Waals surface area (Å²) in [6, 6.07) is 7.80. The molecule has 0 saturated carbocycles. The number of benzene rings is 1. The summed E-state index contributed by atoms with van der Waals surface area (Å²) in [5.74, 6) is 0.847. The minimum atomic E-state index is 0. The highest BCUT2D eigenvalue weighted by molar-refractivity contribution is 14.0. The second-order valence-corrected chi connectivity index (χ2v) is 8.12. The van der Waals surface area contributed by atoms with Crippen molar-refractivity contribution in [3.8, 4) is 0 Å². The molecule has 1 aromatic heterocycles. The minimum absolute atomic E-state index is 0. The van der Waals surface area contributed by atoms with Crippen LogP contribution in [0.5, 0.6) is 0 Å². The quantitative estimate of drug-likeness (QED) is 0.313. The van der Waals surface area contributed by atoms with E-state index < -0.39 is 0 Å². The Labute approximate surface area is 195 Å². The number of aromatic nitrogens is 1. The summed E-state index contributed by atoms with van der Waals surface area (Å²) in [5.41, 5.74) is 2.97. The number of hydrogen-bond donors (Lipinski definition) is 2. The van der Waals surface area contributed by atoms with Crippen molar-refractivity contribution in [3.63, 3.8) is 0 Å². The van der Waals surface area contributed by atoms with E-state index in [0.29, 0.717) is 0 Å². The van der Waals surface area contributed by atoms with Gasteiger partial charge in [0, 0.05) is 50.6 Å². The van der Waals surface area contributed by atoms with Crippen LogP contribution in [-0.4, -0.2) is 55.5 Å². The summed E-state index contributed by atoms with van der Waals surface area (Å²) < 4.78 is 0. The molecule has 1 amide bonds. The molecule has 2 N–H and O–H groups in total. The lowest BCUT2D eigenvalue weighted by molar-refractivity contribution is 0.0827. The summed E-state index contributed by atoms with van der Waals surface area (Å²) >= 11 is 1.75. The van der Waals surface area contributed by atoms with Crippen LogP contribution in [0, 0.1) is 13.8 Å². The lowest BCUT2D eigenvalue weighted by Gasteiger charge is -2.13. The number of nitrogens with one attached hydrogen (secondary N) is 2. The average Bonchev–Trinajstić information content (AvgIpc) is 2.98. The number of carbonyl (C=O) groups is 1. The zero-order valence-corrected chi connectivity index (χ0v) is 21.1. The van der Waals surface area contributed by atoms with E-state index in [9.17, 15) is 4.79 Å². The van der Waals surface area contributed by atoms with Gasteiger partial charge >= 0.3 is 0 Å². The van der Waals surface area contributed by atoms with Crippen LogP contribution < -0.4 is 10.6 Å². The molecule has 8 heteroatoms. The van der Waals surface area contributed by atoms with Crippen molar-refractivity contribution in [2.24, 2.45) is 4.99 Å². The van der Waals surface area contributed by atoms with Gasteiger partial charge in [-0.15, -0.1) is 35.3 Å². The molecule has 0 atom stereocenters. The van der Waals surface area contributed by atoms with Gasteiger partial charge in [0.05, 0.1) is 10.7 Å². The van der Waals surface area contributed by atoms with Gasteiger partial charge in [-0.3, -0.25) is 9.79 Å². The number of rotatable bonds is 8. The lowest BCUT2D eigenvalue weighted by Crippen LogP contribution is -2.38. The number of aryl methyl sites for hydroxylation is 2. The van der Waals surface area contributed by atoms with E-state index in [1.807, 2.05) is 31.2 Å². The average molecular weight is 529 g/mol. The Kier molecular flexibility index (Phi) is 11.2. The molecule has 0 fully saturated rings. The van der Waals surface area contributed by atoms with Gasteiger partial charge in [-0.2, -0.15) is 0 Å². The van der Waals surface area contributed by atoms with Crippen molar-refractivity contribution in [1.29, 1.82) is 0 Å². The van der Waals surface area contributed by atoms with Crippen LogP contribution in [0.3, 0.4) is 0 Å². The molecular formula is C21H32IN5OS. The highest BCUT2D eigenvalue weighted by Gasteiger charge is 2.08. The number of nitrogens with zero attached hydrogens (tertiary/aromatic N) is 3. The van der Waals surface area contributed by atoms with Crippen molar-refractivity contribution in [2.45, 2.75) is 33.6 Å². The maximum atomic E-state index is 12.1. The molecule has 2 rings (SSSR count). The molecule has 0 bridgehead atoms. The first-order valence-corrected chi connectivity index (χ1v) is 10.5. The third-order valence-electron chi connectivity index (χ3n) is 4.24. The SMILES string of the molecule is CCNC(=NCCc1sc(C)nc1C)NCCc1cccc(C(=O)N(C)C)c1.I. The molecule has 0 unspecified atom stereocenters. The Morgan fingerprint density at radius 3 is 2.59 bits per heavy atom. The summed E-state index contributed by atoms with van der Waals surface area (Å²) in [6.07, 6.45) is 1.73. The van der Waals surface area contributed by atoms with Crippen LogP contribution in [0.15, 0.2) is 29.3 Å². The van der Waals surface area contributed by atoms with Crippen LogP contribution >= 0.6 is 35.3 Å². The van der Waals surface area contributed by atoms with Gasteiger partial charge in [0.25, 0.3) is 5.91 Å². The summed E-state index contributed by atoms with van der Waals surface area (Å²) in [5, 5.41) is 7.77. The Hall–Kier alpha value is -1.68. The van der Waals surface area contributed by atoms with Gasteiger partial charge < -0.3 is 15.5 Å². The topological polar surface area (TPSA) is 69.6 Å². The molecule has 6 nitrogen and oxygen atoms in total. The minimum Gasteiger partial charge on any atom is -0.357 e. The predicted octanol–water partition coefficient (Wildman–Crippen LogP) is 3.42. The first-order chi connectivity index (χ1) is 13.4. The first kappa shape index (κ1) is 25.4. The van der Waals surface area contributed by atoms with Gasteiger partial charge in [0.1, 0.15) is 0 Å². The normalized spacial score (nSPS) is 11.0. The van der Waals surface area contributed by atoms with E-state index in [4.69, 9.17) is 0 Å². The molecule has 0 saturated heterocycles. The Bertz CT molecular complexity index is 819. The number of hydrogen-bond acceptors (Lipinski definition) is 4. The van der Waals surface area contributed by atoms with Crippen molar-refractivity contribution < 1.29 is 4.79 Å². The number of amides is 1. The van der Waals surface area contributed by atoms with Crippen molar-refractivity contribution in [3.05, 3.63) is 51.0 Å². The van der Waals surface area contributed by atoms with E-state index >= 15 is 0 Å². The smallest absolute Gasteiger partial charge is 0.253 e. The van der Waals surface area contributed by atoms with Gasteiger partial charge in [-0.05, 0) is 44.9 Å². The Morgan fingerprint density at radius 1 is 1.21 bits per heavy atom. The van der Waals surface area contributed by atoms with E-state index in [-0.39, 0.29) is 29.9 Å². The molecule has 0 radical (unpaired) electrons. The number of carbonyl (C=O) groups excluding carboxylic acids is 1. The summed E-state index contributed by atoms with van der Waals surface area (Å²) in [6.45, 7) is 8.45. The number of guanidine groups is 1.